The van der Waals surface area contributed by atoms with Gasteiger partial charge in [0, 0.05) is 23.8 Å². The maximum absolute atomic E-state index is 3.98. The monoisotopic (exact) mass is 198 g/mol. The van der Waals surface area contributed by atoms with Gasteiger partial charge in [0.05, 0.1) is 0 Å². The predicted octanol–water partition coefficient (Wildman–Crippen LogP) is 3.44. The summed E-state index contributed by atoms with van der Waals surface area (Å²) >= 11 is 0. The lowest BCUT2D eigenvalue weighted by molar-refractivity contribution is 1.31. The fraction of sp³-hybridized carbons (Fsp3) is 0.154. The molecular formula is C13H14N2. The van der Waals surface area contributed by atoms with Crippen LogP contribution in [0, 0.1) is 13.8 Å². The van der Waals surface area contributed by atoms with E-state index in [2.05, 4.69) is 42.3 Å². The zero-order chi connectivity index (χ0) is 10.7. The fourth-order valence-corrected chi connectivity index (χ4v) is 1.42. The third-order valence-electron chi connectivity index (χ3n) is 2.48. The Morgan fingerprint density at radius 3 is 2.27 bits per heavy atom. The van der Waals surface area contributed by atoms with Crippen LogP contribution >= 0.6 is 0 Å². The second kappa shape index (κ2) is 4.13. The highest BCUT2D eigenvalue weighted by atomic mass is 14.9. The molecule has 1 N–H and O–H groups in total. The van der Waals surface area contributed by atoms with Crippen LogP contribution in [0.3, 0.4) is 0 Å². The first kappa shape index (κ1) is 9.71. The van der Waals surface area contributed by atoms with Gasteiger partial charge < -0.3 is 5.32 Å². The topological polar surface area (TPSA) is 24.9 Å². The van der Waals surface area contributed by atoms with Crippen molar-refractivity contribution in [1.29, 1.82) is 0 Å². The van der Waals surface area contributed by atoms with Crippen LogP contribution in [0.1, 0.15) is 11.1 Å². The molecule has 0 aliphatic carbocycles. The summed E-state index contributed by atoms with van der Waals surface area (Å²) in [6, 6.07) is 10.3. The molecule has 15 heavy (non-hydrogen) atoms. The third-order valence-corrected chi connectivity index (χ3v) is 2.48. The highest BCUT2D eigenvalue weighted by Gasteiger charge is 1.96. The molecule has 0 aliphatic rings. The van der Waals surface area contributed by atoms with Gasteiger partial charge in [0.2, 0.25) is 0 Å². The number of nitrogens with zero attached hydrogens (tertiary/aromatic N) is 1. The lowest BCUT2D eigenvalue weighted by Crippen LogP contribution is -1.91. The van der Waals surface area contributed by atoms with E-state index in [9.17, 15) is 0 Å². The number of nitrogens with one attached hydrogen (secondary N) is 1. The van der Waals surface area contributed by atoms with Crippen molar-refractivity contribution < 1.29 is 0 Å². The van der Waals surface area contributed by atoms with Crippen LogP contribution in [0.15, 0.2) is 42.7 Å². The minimum atomic E-state index is 1.06. The van der Waals surface area contributed by atoms with E-state index in [-0.39, 0.29) is 0 Å². The minimum absolute atomic E-state index is 1.06. The van der Waals surface area contributed by atoms with Crippen molar-refractivity contribution in [3.8, 4) is 0 Å². The molecule has 0 spiro atoms. The van der Waals surface area contributed by atoms with E-state index in [4.69, 9.17) is 0 Å². The van der Waals surface area contributed by atoms with Crippen molar-refractivity contribution in [2.45, 2.75) is 13.8 Å². The molecule has 2 heteroatoms. The summed E-state index contributed by atoms with van der Waals surface area (Å²) in [4.78, 5) is 3.98. The zero-order valence-electron chi connectivity index (χ0n) is 8.99. The van der Waals surface area contributed by atoms with E-state index in [1.54, 1.807) is 12.4 Å². The maximum Gasteiger partial charge on any atom is 0.0415 e. The van der Waals surface area contributed by atoms with Gasteiger partial charge in [-0.25, -0.2) is 0 Å². The first-order valence-electron chi connectivity index (χ1n) is 5.00. The molecule has 0 unspecified atom stereocenters. The van der Waals surface area contributed by atoms with Crippen LogP contribution in [-0.4, -0.2) is 4.98 Å². The lowest BCUT2D eigenvalue weighted by atomic mass is 10.1. The van der Waals surface area contributed by atoms with Crippen molar-refractivity contribution in [1.82, 2.24) is 4.98 Å². The summed E-state index contributed by atoms with van der Waals surface area (Å²) in [5.41, 5.74) is 4.79. The molecule has 0 saturated carbocycles. The molecule has 0 radical (unpaired) electrons. The Kier molecular flexibility index (Phi) is 2.68. The molecule has 2 rings (SSSR count). The van der Waals surface area contributed by atoms with E-state index in [1.165, 1.54) is 11.1 Å². The number of benzene rings is 1. The van der Waals surface area contributed by atoms with Crippen molar-refractivity contribution in [2.75, 3.05) is 5.32 Å². The van der Waals surface area contributed by atoms with Gasteiger partial charge in [0.1, 0.15) is 0 Å². The van der Waals surface area contributed by atoms with Crippen LogP contribution < -0.4 is 5.32 Å². The average molecular weight is 198 g/mol. The van der Waals surface area contributed by atoms with Crippen molar-refractivity contribution in [3.63, 3.8) is 0 Å². The average Bonchev–Trinajstić information content (AvgIpc) is 2.25. The number of rotatable bonds is 2. The van der Waals surface area contributed by atoms with Gasteiger partial charge in [0.15, 0.2) is 0 Å². The highest BCUT2D eigenvalue weighted by Crippen LogP contribution is 2.18. The van der Waals surface area contributed by atoms with Gasteiger partial charge >= 0.3 is 0 Å². The lowest BCUT2D eigenvalue weighted by Gasteiger charge is -2.08. The van der Waals surface area contributed by atoms with E-state index in [0.29, 0.717) is 0 Å². The van der Waals surface area contributed by atoms with Crippen molar-refractivity contribution in [2.24, 2.45) is 0 Å². The van der Waals surface area contributed by atoms with Crippen LogP contribution in [0.2, 0.25) is 0 Å². The Hall–Kier alpha value is -1.83. The van der Waals surface area contributed by atoms with Crippen LogP contribution in [0.25, 0.3) is 0 Å². The Morgan fingerprint density at radius 1 is 0.867 bits per heavy atom. The van der Waals surface area contributed by atoms with Crippen LogP contribution in [-0.2, 0) is 0 Å². The predicted molar refractivity (Wildman–Crippen MR) is 63.4 cm³/mol. The molecular weight excluding hydrogens is 184 g/mol. The fourth-order valence-electron chi connectivity index (χ4n) is 1.42. The molecule has 0 aliphatic heterocycles. The van der Waals surface area contributed by atoms with Gasteiger partial charge in [-0.1, -0.05) is 6.07 Å². The van der Waals surface area contributed by atoms with Crippen LogP contribution in [0.4, 0.5) is 11.4 Å². The Morgan fingerprint density at radius 2 is 1.60 bits per heavy atom. The Balaban J connectivity index is 2.22. The molecule has 0 amide bonds. The van der Waals surface area contributed by atoms with Gasteiger partial charge in [-0.2, -0.15) is 0 Å². The largest absolute Gasteiger partial charge is 0.355 e. The quantitative estimate of drug-likeness (QED) is 0.799. The molecule has 76 valence electrons. The normalized spacial score (nSPS) is 10.0. The summed E-state index contributed by atoms with van der Waals surface area (Å²) in [7, 11) is 0. The maximum atomic E-state index is 3.98. The number of hydrogen-bond donors (Lipinski definition) is 1. The smallest absolute Gasteiger partial charge is 0.0415 e. The number of anilines is 2. The summed E-state index contributed by atoms with van der Waals surface area (Å²) in [6.07, 6.45) is 3.56. The highest BCUT2D eigenvalue weighted by molar-refractivity contribution is 5.60. The van der Waals surface area contributed by atoms with Crippen molar-refractivity contribution in [3.05, 3.63) is 53.9 Å². The third kappa shape index (κ3) is 2.34. The second-order valence-electron chi connectivity index (χ2n) is 3.66. The molecule has 2 nitrogen and oxygen atoms in total. The van der Waals surface area contributed by atoms with Gasteiger partial charge in [-0.15, -0.1) is 0 Å². The van der Waals surface area contributed by atoms with Crippen LogP contribution in [0.5, 0.6) is 0 Å². The second-order valence-corrected chi connectivity index (χ2v) is 3.66. The minimum Gasteiger partial charge on any atom is -0.355 e. The van der Waals surface area contributed by atoms with Crippen molar-refractivity contribution >= 4 is 11.4 Å². The molecule has 0 atom stereocenters. The summed E-state index contributed by atoms with van der Waals surface area (Å²) in [5.74, 6) is 0. The van der Waals surface area contributed by atoms with Gasteiger partial charge in [-0.3, -0.25) is 4.98 Å². The zero-order valence-corrected chi connectivity index (χ0v) is 8.99. The first-order chi connectivity index (χ1) is 7.25. The van der Waals surface area contributed by atoms with E-state index in [0.717, 1.165) is 11.4 Å². The number of pyridine rings is 1. The molecule has 1 heterocycles. The molecule has 1 aromatic heterocycles. The Bertz CT molecular complexity index is 449. The van der Waals surface area contributed by atoms with E-state index < -0.39 is 0 Å². The molecule has 2 aromatic rings. The Labute approximate surface area is 90.0 Å². The number of aryl methyl sites for hydroxylation is 2. The molecule has 0 saturated heterocycles. The van der Waals surface area contributed by atoms with Gasteiger partial charge in [0.25, 0.3) is 0 Å². The summed E-state index contributed by atoms with van der Waals surface area (Å²) < 4.78 is 0. The molecule has 0 fully saturated rings. The number of aromatic nitrogens is 1. The van der Waals surface area contributed by atoms with E-state index >= 15 is 0 Å². The van der Waals surface area contributed by atoms with E-state index in [1.807, 2.05) is 12.1 Å². The number of hydrogen-bond acceptors (Lipinski definition) is 2. The summed E-state index contributed by atoms with van der Waals surface area (Å²) in [5, 5.41) is 3.33. The molecule has 0 bridgehead atoms. The molecule has 1 aromatic carbocycles. The standard InChI is InChI=1S/C13H14N2/c1-10-3-4-13(9-11(10)2)15-12-5-7-14-8-6-12/h3-9H,1-2H3,(H,14,15). The SMILES string of the molecule is Cc1ccc(Nc2ccncc2)cc1C. The first-order valence-corrected chi connectivity index (χ1v) is 5.00. The van der Waals surface area contributed by atoms with Gasteiger partial charge in [-0.05, 0) is 49.2 Å². The summed E-state index contributed by atoms with van der Waals surface area (Å²) in [6.45, 7) is 4.23.